The summed E-state index contributed by atoms with van der Waals surface area (Å²) in [6.45, 7) is 8.59. The molecule has 0 radical (unpaired) electrons. The van der Waals surface area contributed by atoms with Crippen molar-refractivity contribution >= 4 is 5.69 Å². The predicted octanol–water partition coefficient (Wildman–Crippen LogP) is 3.45. The number of piperidine rings is 2. The highest BCUT2D eigenvalue weighted by Gasteiger charge is 2.28. The lowest BCUT2D eigenvalue weighted by Gasteiger charge is -2.42. The second-order valence-electron chi connectivity index (χ2n) is 7.23. The van der Waals surface area contributed by atoms with Crippen LogP contribution < -0.4 is 10.1 Å². The van der Waals surface area contributed by atoms with Crippen molar-refractivity contribution in [3.05, 3.63) is 24.3 Å². The Morgan fingerprint density at radius 2 is 1.75 bits per heavy atom. The molecule has 2 aliphatic rings. The van der Waals surface area contributed by atoms with Crippen LogP contribution in [0.15, 0.2) is 24.3 Å². The van der Waals surface area contributed by atoms with Crippen LogP contribution in [0.25, 0.3) is 0 Å². The van der Waals surface area contributed by atoms with Gasteiger partial charge in [-0.3, -0.25) is 0 Å². The molecule has 0 saturated carbocycles. The van der Waals surface area contributed by atoms with E-state index in [-0.39, 0.29) is 0 Å². The SMILES string of the molecule is CCCN1CCC(N2CCC(Nc3ccccc3OC)CC2)CC1. The molecule has 2 aliphatic heterocycles. The molecule has 2 fully saturated rings. The number of nitrogens with one attached hydrogen (secondary N) is 1. The molecule has 4 heteroatoms. The molecule has 0 aromatic heterocycles. The largest absolute Gasteiger partial charge is 0.495 e. The van der Waals surface area contributed by atoms with E-state index in [0.717, 1.165) is 17.5 Å². The molecule has 2 saturated heterocycles. The normalized spacial score (nSPS) is 21.8. The number of hydrogen-bond donors (Lipinski definition) is 1. The number of hydrogen-bond acceptors (Lipinski definition) is 4. The number of ether oxygens (including phenoxy) is 1. The summed E-state index contributed by atoms with van der Waals surface area (Å²) in [5.74, 6) is 0.947. The van der Waals surface area contributed by atoms with Crippen LogP contribution in [0, 0.1) is 0 Å². The van der Waals surface area contributed by atoms with Gasteiger partial charge in [0.25, 0.3) is 0 Å². The zero-order valence-electron chi connectivity index (χ0n) is 15.3. The zero-order chi connectivity index (χ0) is 16.8. The fourth-order valence-electron chi connectivity index (χ4n) is 4.22. The maximum absolute atomic E-state index is 5.46. The molecule has 0 aliphatic carbocycles. The van der Waals surface area contributed by atoms with Crippen LogP contribution in [0.3, 0.4) is 0 Å². The third-order valence-electron chi connectivity index (χ3n) is 5.61. The molecule has 1 aromatic rings. The highest BCUT2D eigenvalue weighted by Crippen LogP contribution is 2.27. The molecule has 24 heavy (non-hydrogen) atoms. The van der Waals surface area contributed by atoms with E-state index in [9.17, 15) is 0 Å². The summed E-state index contributed by atoms with van der Waals surface area (Å²) in [6.07, 6.45) is 6.44. The van der Waals surface area contributed by atoms with Crippen molar-refractivity contribution in [3.63, 3.8) is 0 Å². The van der Waals surface area contributed by atoms with Gasteiger partial charge in [0.2, 0.25) is 0 Å². The number of likely N-dealkylation sites (tertiary alicyclic amines) is 2. The molecule has 0 atom stereocenters. The predicted molar refractivity (Wildman–Crippen MR) is 101 cm³/mol. The van der Waals surface area contributed by atoms with Crippen molar-refractivity contribution in [2.24, 2.45) is 0 Å². The van der Waals surface area contributed by atoms with Crippen LogP contribution in [-0.2, 0) is 0 Å². The van der Waals surface area contributed by atoms with E-state index >= 15 is 0 Å². The lowest BCUT2D eigenvalue weighted by Crippen LogP contribution is -2.49. The highest BCUT2D eigenvalue weighted by molar-refractivity contribution is 5.56. The van der Waals surface area contributed by atoms with Gasteiger partial charge in [-0.15, -0.1) is 0 Å². The van der Waals surface area contributed by atoms with Crippen molar-refractivity contribution in [3.8, 4) is 5.75 Å². The molecule has 2 heterocycles. The van der Waals surface area contributed by atoms with E-state index in [4.69, 9.17) is 4.74 Å². The first-order chi connectivity index (χ1) is 11.8. The first kappa shape index (κ1) is 17.6. The van der Waals surface area contributed by atoms with Crippen LogP contribution in [0.4, 0.5) is 5.69 Å². The Hall–Kier alpha value is -1.26. The molecule has 1 aromatic carbocycles. The van der Waals surface area contributed by atoms with Crippen LogP contribution in [0.5, 0.6) is 5.75 Å². The summed E-state index contributed by atoms with van der Waals surface area (Å²) in [5.41, 5.74) is 1.13. The third-order valence-corrected chi connectivity index (χ3v) is 5.61. The Morgan fingerprint density at radius 1 is 1.04 bits per heavy atom. The van der Waals surface area contributed by atoms with Crippen molar-refractivity contribution in [1.29, 1.82) is 0 Å². The van der Waals surface area contributed by atoms with Crippen molar-refractivity contribution in [1.82, 2.24) is 9.80 Å². The highest BCUT2D eigenvalue weighted by atomic mass is 16.5. The first-order valence-electron chi connectivity index (χ1n) is 9.66. The first-order valence-corrected chi connectivity index (χ1v) is 9.66. The van der Waals surface area contributed by atoms with Gasteiger partial charge in [-0.1, -0.05) is 19.1 Å². The second-order valence-corrected chi connectivity index (χ2v) is 7.23. The number of nitrogens with zero attached hydrogens (tertiary/aromatic N) is 2. The van der Waals surface area contributed by atoms with E-state index in [1.807, 2.05) is 12.1 Å². The molecule has 0 amide bonds. The molecule has 0 unspecified atom stereocenters. The van der Waals surface area contributed by atoms with Crippen LogP contribution in [0.1, 0.15) is 39.0 Å². The fraction of sp³-hybridized carbons (Fsp3) is 0.700. The zero-order valence-corrected chi connectivity index (χ0v) is 15.3. The molecular weight excluding hydrogens is 298 g/mol. The Balaban J connectivity index is 1.44. The number of benzene rings is 1. The quantitative estimate of drug-likeness (QED) is 0.864. The van der Waals surface area contributed by atoms with Crippen LogP contribution in [0.2, 0.25) is 0 Å². The van der Waals surface area contributed by atoms with Crippen LogP contribution >= 0.6 is 0 Å². The molecule has 0 bridgehead atoms. The minimum Gasteiger partial charge on any atom is -0.495 e. The fourth-order valence-corrected chi connectivity index (χ4v) is 4.22. The summed E-state index contributed by atoms with van der Waals surface area (Å²) >= 11 is 0. The summed E-state index contributed by atoms with van der Waals surface area (Å²) in [6, 6.07) is 9.63. The number of methoxy groups -OCH3 is 1. The van der Waals surface area contributed by atoms with Gasteiger partial charge in [0.05, 0.1) is 12.8 Å². The molecule has 4 nitrogen and oxygen atoms in total. The Morgan fingerprint density at radius 3 is 2.42 bits per heavy atom. The minimum absolute atomic E-state index is 0.567. The Kier molecular flexibility index (Phi) is 6.38. The average molecular weight is 332 g/mol. The molecule has 1 N–H and O–H groups in total. The topological polar surface area (TPSA) is 27.7 Å². The van der Waals surface area contributed by atoms with E-state index in [1.165, 1.54) is 64.8 Å². The average Bonchev–Trinajstić information content (AvgIpc) is 2.64. The maximum atomic E-state index is 5.46. The number of anilines is 1. The number of rotatable bonds is 6. The van der Waals surface area contributed by atoms with Gasteiger partial charge in [-0.05, 0) is 63.9 Å². The standard InChI is InChI=1S/C20H33N3O/c1-3-12-22-13-10-18(11-14-22)23-15-8-17(9-16-23)21-19-6-4-5-7-20(19)24-2/h4-7,17-18,21H,3,8-16H2,1-2H3. The molecule has 3 rings (SSSR count). The van der Waals surface area contributed by atoms with Crippen molar-refractivity contribution in [2.45, 2.75) is 51.1 Å². The summed E-state index contributed by atoms with van der Waals surface area (Å²) in [7, 11) is 1.74. The molecule has 0 spiro atoms. The second kappa shape index (κ2) is 8.72. The van der Waals surface area contributed by atoms with Crippen molar-refractivity contribution < 1.29 is 4.74 Å². The van der Waals surface area contributed by atoms with Gasteiger partial charge in [0.15, 0.2) is 0 Å². The molecule has 134 valence electrons. The van der Waals surface area contributed by atoms with E-state index in [2.05, 4.69) is 34.2 Å². The molecular formula is C20H33N3O. The van der Waals surface area contributed by atoms with Crippen LogP contribution in [-0.4, -0.2) is 61.7 Å². The number of para-hydroxylation sites is 2. The van der Waals surface area contributed by atoms with E-state index in [1.54, 1.807) is 7.11 Å². The lowest BCUT2D eigenvalue weighted by molar-refractivity contribution is 0.0898. The maximum Gasteiger partial charge on any atom is 0.141 e. The van der Waals surface area contributed by atoms with E-state index < -0.39 is 0 Å². The summed E-state index contributed by atoms with van der Waals surface area (Å²) < 4.78 is 5.46. The van der Waals surface area contributed by atoms with Gasteiger partial charge >= 0.3 is 0 Å². The van der Waals surface area contributed by atoms with Gasteiger partial charge in [-0.2, -0.15) is 0 Å². The smallest absolute Gasteiger partial charge is 0.141 e. The minimum atomic E-state index is 0.567. The van der Waals surface area contributed by atoms with Gasteiger partial charge in [-0.25, -0.2) is 0 Å². The summed E-state index contributed by atoms with van der Waals surface area (Å²) in [4.78, 5) is 5.37. The monoisotopic (exact) mass is 331 g/mol. The summed E-state index contributed by atoms with van der Waals surface area (Å²) in [5, 5.41) is 3.69. The Bertz CT molecular complexity index is 491. The van der Waals surface area contributed by atoms with E-state index in [0.29, 0.717) is 6.04 Å². The van der Waals surface area contributed by atoms with Gasteiger partial charge in [0, 0.05) is 25.2 Å². The van der Waals surface area contributed by atoms with Gasteiger partial charge in [0.1, 0.15) is 5.75 Å². The Labute approximate surface area is 147 Å². The van der Waals surface area contributed by atoms with Crippen molar-refractivity contribution in [2.75, 3.05) is 45.2 Å². The third kappa shape index (κ3) is 4.42. The lowest BCUT2D eigenvalue weighted by atomic mass is 9.97. The van der Waals surface area contributed by atoms with Gasteiger partial charge < -0.3 is 19.9 Å².